The van der Waals surface area contributed by atoms with E-state index in [4.69, 9.17) is 0 Å². The maximum Gasteiger partial charge on any atom is 0.250 e. The Labute approximate surface area is 138 Å². The summed E-state index contributed by atoms with van der Waals surface area (Å²) in [4.78, 5) is 26.4. The molecule has 22 heavy (non-hydrogen) atoms. The first-order chi connectivity index (χ1) is 10.6. The van der Waals surface area contributed by atoms with Crippen LogP contribution in [0.15, 0.2) is 11.6 Å². The van der Waals surface area contributed by atoms with E-state index in [0.29, 0.717) is 22.3 Å². The second-order valence-electron chi connectivity index (χ2n) is 4.93. The predicted octanol–water partition coefficient (Wildman–Crippen LogP) is 2.30. The highest BCUT2D eigenvalue weighted by molar-refractivity contribution is 7.99. The number of amides is 2. The molecular weight excluding hydrogens is 320 g/mol. The Balaban J connectivity index is 2.04. The van der Waals surface area contributed by atoms with Gasteiger partial charge in [0, 0.05) is 11.3 Å². The lowest BCUT2D eigenvalue weighted by molar-refractivity contribution is -0.133. The van der Waals surface area contributed by atoms with Gasteiger partial charge in [-0.1, -0.05) is 31.3 Å². The molecule has 1 aromatic heterocycles. The number of rotatable bonds is 5. The molecule has 1 aromatic rings. The fourth-order valence-electron chi connectivity index (χ4n) is 2.12. The Morgan fingerprint density at radius 3 is 2.82 bits per heavy atom. The van der Waals surface area contributed by atoms with Gasteiger partial charge in [-0.2, -0.15) is 0 Å². The first kappa shape index (κ1) is 17.0. The minimum absolute atomic E-state index is 0.0708. The molecule has 2 rings (SSSR count). The van der Waals surface area contributed by atoms with Gasteiger partial charge in [-0.3, -0.25) is 14.9 Å². The van der Waals surface area contributed by atoms with Gasteiger partial charge in [-0.25, -0.2) is 0 Å². The molecule has 0 aromatic carbocycles. The number of anilines is 1. The van der Waals surface area contributed by atoms with Gasteiger partial charge in [-0.05, 0) is 19.8 Å². The summed E-state index contributed by atoms with van der Waals surface area (Å²) in [5.74, 6) is 0.887. The molecule has 0 spiro atoms. The predicted molar refractivity (Wildman–Crippen MR) is 89.9 cm³/mol. The van der Waals surface area contributed by atoms with Crippen LogP contribution in [0.1, 0.15) is 32.2 Å². The SMILES string of the molecule is CC/C=C(\C)C(=O)N1CSC[C@@H]1C(=O)Nc1nnc(CC)s1. The number of thioether (sulfide) groups is 1. The standard InChI is InChI=1S/C14H20N4O2S2/c1-4-6-9(3)13(20)18-8-21-7-10(18)12(19)15-14-17-16-11(5-2)22-14/h6,10H,4-5,7-8H2,1-3H3,(H,15,17,19)/b9-6+/t10-/m1/s1. The summed E-state index contributed by atoms with van der Waals surface area (Å²) in [5, 5.41) is 12.1. The highest BCUT2D eigenvalue weighted by Crippen LogP contribution is 2.25. The Kier molecular flexibility index (Phi) is 5.96. The van der Waals surface area contributed by atoms with E-state index in [1.54, 1.807) is 23.6 Å². The van der Waals surface area contributed by atoms with Crippen molar-refractivity contribution in [3.63, 3.8) is 0 Å². The van der Waals surface area contributed by atoms with Crippen molar-refractivity contribution in [2.75, 3.05) is 16.9 Å². The maximum absolute atomic E-state index is 12.4. The topological polar surface area (TPSA) is 75.2 Å². The van der Waals surface area contributed by atoms with Gasteiger partial charge in [0.1, 0.15) is 11.0 Å². The van der Waals surface area contributed by atoms with E-state index in [9.17, 15) is 9.59 Å². The van der Waals surface area contributed by atoms with Crippen LogP contribution in [0.3, 0.4) is 0 Å². The Morgan fingerprint density at radius 1 is 1.41 bits per heavy atom. The molecule has 1 aliphatic rings. The van der Waals surface area contributed by atoms with Crippen LogP contribution < -0.4 is 5.32 Å². The molecule has 6 nitrogen and oxygen atoms in total. The minimum Gasteiger partial charge on any atom is -0.317 e. The molecule has 0 unspecified atom stereocenters. The summed E-state index contributed by atoms with van der Waals surface area (Å²) in [6.45, 7) is 5.77. The summed E-state index contributed by atoms with van der Waals surface area (Å²) in [7, 11) is 0. The number of carbonyl (C=O) groups is 2. The number of carbonyl (C=O) groups excluding carboxylic acids is 2. The van der Waals surface area contributed by atoms with Crippen molar-refractivity contribution >= 4 is 40.0 Å². The highest BCUT2D eigenvalue weighted by Gasteiger charge is 2.35. The molecule has 2 heterocycles. The molecule has 0 bridgehead atoms. The Hall–Kier alpha value is -1.41. The number of allylic oxidation sites excluding steroid dienone is 1. The summed E-state index contributed by atoms with van der Waals surface area (Å²) in [5.41, 5.74) is 0.687. The van der Waals surface area contributed by atoms with Gasteiger partial charge in [-0.15, -0.1) is 22.0 Å². The van der Waals surface area contributed by atoms with E-state index >= 15 is 0 Å². The molecule has 0 radical (unpaired) electrons. The average molecular weight is 340 g/mol. The molecule has 120 valence electrons. The van der Waals surface area contributed by atoms with Gasteiger partial charge in [0.05, 0.1) is 5.88 Å². The van der Waals surface area contributed by atoms with Crippen molar-refractivity contribution in [3.8, 4) is 0 Å². The number of hydrogen-bond donors (Lipinski definition) is 1. The zero-order chi connectivity index (χ0) is 16.1. The van der Waals surface area contributed by atoms with Crippen LogP contribution in [0.4, 0.5) is 5.13 Å². The third kappa shape index (κ3) is 3.86. The number of aromatic nitrogens is 2. The maximum atomic E-state index is 12.4. The molecule has 1 saturated heterocycles. The van der Waals surface area contributed by atoms with E-state index in [-0.39, 0.29) is 11.8 Å². The quantitative estimate of drug-likeness (QED) is 0.833. The summed E-state index contributed by atoms with van der Waals surface area (Å²) in [6, 6.07) is -0.452. The minimum atomic E-state index is -0.452. The number of aryl methyl sites for hydroxylation is 1. The lowest BCUT2D eigenvalue weighted by atomic mass is 10.2. The van der Waals surface area contributed by atoms with Crippen LogP contribution in [-0.2, 0) is 16.0 Å². The Bertz CT molecular complexity index is 585. The van der Waals surface area contributed by atoms with Gasteiger partial charge in [0.25, 0.3) is 5.91 Å². The molecule has 1 aliphatic heterocycles. The van der Waals surface area contributed by atoms with Crippen LogP contribution in [0.5, 0.6) is 0 Å². The first-order valence-corrected chi connectivity index (χ1v) is 9.22. The van der Waals surface area contributed by atoms with Gasteiger partial charge in [0.15, 0.2) is 0 Å². The van der Waals surface area contributed by atoms with Crippen molar-refractivity contribution in [2.45, 2.75) is 39.7 Å². The smallest absolute Gasteiger partial charge is 0.250 e. The monoisotopic (exact) mass is 340 g/mol. The van der Waals surface area contributed by atoms with Crippen LogP contribution in [0.25, 0.3) is 0 Å². The number of hydrogen-bond acceptors (Lipinski definition) is 6. The second-order valence-corrected chi connectivity index (χ2v) is 6.99. The summed E-state index contributed by atoms with van der Waals surface area (Å²) < 4.78 is 0. The fraction of sp³-hybridized carbons (Fsp3) is 0.571. The van der Waals surface area contributed by atoms with Gasteiger partial charge >= 0.3 is 0 Å². The zero-order valence-electron chi connectivity index (χ0n) is 13.0. The van der Waals surface area contributed by atoms with Crippen molar-refractivity contribution in [2.24, 2.45) is 0 Å². The van der Waals surface area contributed by atoms with Crippen LogP contribution in [0.2, 0.25) is 0 Å². The molecule has 0 saturated carbocycles. The number of nitrogens with one attached hydrogen (secondary N) is 1. The van der Waals surface area contributed by atoms with E-state index in [1.165, 1.54) is 11.3 Å². The summed E-state index contributed by atoms with van der Waals surface area (Å²) >= 11 is 2.96. The summed E-state index contributed by atoms with van der Waals surface area (Å²) in [6.07, 6.45) is 3.48. The molecule has 1 fully saturated rings. The van der Waals surface area contributed by atoms with Crippen molar-refractivity contribution in [3.05, 3.63) is 16.7 Å². The van der Waals surface area contributed by atoms with Gasteiger partial charge < -0.3 is 4.90 Å². The largest absolute Gasteiger partial charge is 0.317 e. The lowest BCUT2D eigenvalue weighted by Gasteiger charge is -2.22. The third-order valence-corrected chi connectivity index (χ3v) is 5.29. The fourth-order valence-corrected chi connectivity index (χ4v) is 3.95. The van der Waals surface area contributed by atoms with Crippen molar-refractivity contribution in [1.82, 2.24) is 15.1 Å². The first-order valence-electron chi connectivity index (χ1n) is 7.25. The second kappa shape index (κ2) is 7.73. The normalized spacial score (nSPS) is 18.6. The Morgan fingerprint density at radius 2 is 2.18 bits per heavy atom. The lowest BCUT2D eigenvalue weighted by Crippen LogP contribution is -2.44. The van der Waals surface area contributed by atoms with E-state index in [0.717, 1.165) is 17.8 Å². The molecule has 1 N–H and O–H groups in total. The average Bonchev–Trinajstić information content (AvgIpc) is 3.15. The van der Waals surface area contributed by atoms with Crippen LogP contribution in [0, 0.1) is 0 Å². The van der Waals surface area contributed by atoms with Crippen LogP contribution >= 0.6 is 23.1 Å². The third-order valence-electron chi connectivity index (χ3n) is 3.29. The van der Waals surface area contributed by atoms with E-state index < -0.39 is 6.04 Å². The van der Waals surface area contributed by atoms with Gasteiger partial charge in [0.2, 0.25) is 11.0 Å². The van der Waals surface area contributed by atoms with Crippen molar-refractivity contribution < 1.29 is 9.59 Å². The molecule has 8 heteroatoms. The zero-order valence-corrected chi connectivity index (χ0v) is 14.6. The molecule has 1 atom stereocenters. The molecule has 2 amide bonds. The highest BCUT2D eigenvalue weighted by atomic mass is 32.2. The molecule has 0 aliphatic carbocycles. The number of nitrogens with zero attached hydrogens (tertiary/aromatic N) is 3. The van der Waals surface area contributed by atoms with E-state index in [1.807, 2.05) is 19.9 Å². The van der Waals surface area contributed by atoms with Crippen LogP contribution in [-0.4, -0.2) is 44.6 Å². The van der Waals surface area contributed by atoms with Crippen molar-refractivity contribution in [1.29, 1.82) is 0 Å². The van der Waals surface area contributed by atoms with E-state index in [2.05, 4.69) is 15.5 Å². The molecular formula is C14H20N4O2S2.